The van der Waals surface area contributed by atoms with Crippen molar-refractivity contribution in [2.45, 2.75) is 63.7 Å². The number of nitriles is 2. The molecule has 7 heteroatoms. The van der Waals surface area contributed by atoms with Crippen LogP contribution >= 0.6 is 0 Å². The van der Waals surface area contributed by atoms with Crippen LogP contribution in [0.4, 0.5) is 0 Å². The first-order chi connectivity index (χ1) is 10.7. The van der Waals surface area contributed by atoms with E-state index in [9.17, 15) is 0 Å². The molecule has 1 N–H and O–H groups in total. The predicted octanol–water partition coefficient (Wildman–Crippen LogP) is 1.91. The van der Waals surface area contributed by atoms with Crippen molar-refractivity contribution < 1.29 is 9.31 Å². The fraction of sp³-hybridized carbons (Fsp3) is 0.750. The lowest BCUT2D eigenvalue weighted by atomic mass is 9.67. The number of rotatable bonds is 3. The molecule has 0 aromatic carbocycles. The highest BCUT2D eigenvalue weighted by molar-refractivity contribution is 6.54. The first-order valence-corrected chi connectivity index (χ1v) is 8.09. The van der Waals surface area contributed by atoms with Gasteiger partial charge in [-0.3, -0.25) is 0 Å². The van der Waals surface area contributed by atoms with Crippen molar-refractivity contribution in [3.63, 3.8) is 0 Å². The molecule has 1 aliphatic carbocycles. The normalized spacial score (nSPS) is 34.5. The van der Waals surface area contributed by atoms with Gasteiger partial charge in [0.25, 0.3) is 0 Å². The summed E-state index contributed by atoms with van der Waals surface area (Å²) >= 11 is 0. The summed E-state index contributed by atoms with van der Waals surface area (Å²) in [5.74, 6) is 0.0412. The lowest BCUT2D eigenvalue weighted by Crippen LogP contribution is -2.58. The van der Waals surface area contributed by atoms with Crippen LogP contribution in [0.15, 0.2) is 11.7 Å². The topological polar surface area (TPSA) is 81.3 Å². The third-order valence-electron chi connectivity index (χ3n) is 5.66. The van der Waals surface area contributed by atoms with Gasteiger partial charge in [-0.15, -0.1) is 0 Å². The van der Waals surface area contributed by atoms with Crippen molar-refractivity contribution >= 4 is 7.12 Å². The van der Waals surface area contributed by atoms with E-state index < -0.39 is 0 Å². The summed E-state index contributed by atoms with van der Waals surface area (Å²) in [6.07, 6.45) is 3.85. The Bertz CT molecular complexity index is 595. The van der Waals surface area contributed by atoms with E-state index in [1.54, 1.807) is 0 Å². The molecule has 0 radical (unpaired) electrons. The second-order valence-corrected chi connectivity index (χ2v) is 7.79. The second kappa shape index (κ2) is 5.24. The van der Waals surface area contributed by atoms with Crippen LogP contribution in [-0.4, -0.2) is 35.4 Å². The maximum absolute atomic E-state index is 9.14. The molecule has 23 heavy (non-hydrogen) atoms. The molecule has 2 aliphatic heterocycles. The molecule has 6 nitrogen and oxygen atoms in total. The fourth-order valence-electron chi connectivity index (χ4n) is 3.40. The Kier molecular flexibility index (Phi) is 3.72. The smallest absolute Gasteiger partial charge is 0.399 e. The molecule has 3 aliphatic rings. The van der Waals surface area contributed by atoms with Gasteiger partial charge in [-0.1, -0.05) is 0 Å². The minimum absolute atomic E-state index is 0.0412. The summed E-state index contributed by atoms with van der Waals surface area (Å²) in [7, 11) is -0.372. The highest BCUT2D eigenvalue weighted by Gasteiger charge is 2.54. The van der Waals surface area contributed by atoms with Gasteiger partial charge in [-0.25, -0.2) is 5.43 Å². The molecule has 0 aromatic rings. The van der Waals surface area contributed by atoms with Gasteiger partial charge >= 0.3 is 7.12 Å². The van der Waals surface area contributed by atoms with E-state index in [1.165, 1.54) is 0 Å². The minimum Gasteiger partial charge on any atom is -0.399 e. The Labute approximate surface area is 138 Å². The first kappa shape index (κ1) is 16.3. The third kappa shape index (κ3) is 2.53. The standard InChI is InChI=1S/C16H23BN4O2/c1-14(2)15(3,4)23-17(22-14)13-10-20-21(11-13)16(5-6-18)7-12(8-16)9-19/h11-12,20H,5,7-8,10H2,1-4H3/t12-,16+. The van der Waals surface area contributed by atoms with Gasteiger partial charge in [-0.2, -0.15) is 10.5 Å². The molecule has 1 saturated carbocycles. The van der Waals surface area contributed by atoms with Gasteiger partial charge in [-0.05, 0) is 46.0 Å². The average molecular weight is 314 g/mol. The van der Waals surface area contributed by atoms with Gasteiger partial charge in [0, 0.05) is 12.7 Å². The molecule has 2 heterocycles. The monoisotopic (exact) mass is 314 g/mol. The van der Waals surface area contributed by atoms with E-state index in [-0.39, 0.29) is 29.8 Å². The number of hydrogen-bond acceptors (Lipinski definition) is 6. The van der Waals surface area contributed by atoms with Crippen molar-refractivity contribution in [3.05, 3.63) is 11.7 Å². The first-order valence-electron chi connectivity index (χ1n) is 8.09. The zero-order chi connectivity index (χ0) is 16.9. The fourth-order valence-corrected chi connectivity index (χ4v) is 3.40. The molecule has 0 amide bonds. The van der Waals surface area contributed by atoms with E-state index >= 15 is 0 Å². The number of nitrogens with zero attached hydrogens (tertiary/aromatic N) is 3. The van der Waals surface area contributed by atoms with Gasteiger partial charge in [0.2, 0.25) is 0 Å². The number of hydrazine groups is 1. The van der Waals surface area contributed by atoms with Crippen LogP contribution < -0.4 is 5.43 Å². The van der Waals surface area contributed by atoms with E-state index in [2.05, 4.69) is 17.6 Å². The van der Waals surface area contributed by atoms with E-state index in [0.29, 0.717) is 13.0 Å². The molecule has 0 unspecified atom stereocenters. The van der Waals surface area contributed by atoms with Crippen LogP contribution in [0.5, 0.6) is 0 Å². The van der Waals surface area contributed by atoms with E-state index in [0.717, 1.165) is 18.3 Å². The molecule has 0 atom stereocenters. The Morgan fingerprint density at radius 1 is 1.26 bits per heavy atom. The van der Waals surface area contributed by atoms with Crippen molar-refractivity contribution in [2.75, 3.05) is 6.54 Å². The van der Waals surface area contributed by atoms with E-state index in [4.69, 9.17) is 19.8 Å². The highest BCUT2D eigenvalue weighted by Crippen LogP contribution is 2.46. The predicted molar refractivity (Wildman–Crippen MR) is 85.3 cm³/mol. The number of hydrogen-bond donors (Lipinski definition) is 1. The molecule has 0 spiro atoms. The third-order valence-corrected chi connectivity index (χ3v) is 5.66. The lowest BCUT2D eigenvalue weighted by molar-refractivity contribution is 0.00578. The summed E-state index contributed by atoms with van der Waals surface area (Å²) in [5.41, 5.74) is 3.36. The van der Waals surface area contributed by atoms with Crippen LogP contribution in [0, 0.1) is 28.6 Å². The lowest BCUT2D eigenvalue weighted by Gasteiger charge is -2.49. The Morgan fingerprint density at radius 3 is 2.39 bits per heavy atom. The maximum atomic E-state index is 9.14. The molecule has 3 rings (SSSR count). The zero-order valence-corrected chi connectivity index (χ0v) is 14.2. The largest absolute Gasteiger partial charge is 0.493 e. The molecular weight excluding hydrogens is 291 g/mol. The Hall–Kier alpha value is -1.54. The summed E-state index contributed by atoms with van der Waals surface area (Å²) in [6.45, 7) is 8.78. The summed E-state index contributed by atoms with van der Waals surface area (Å²) in [5, 5.41) is 20.2. The second-order valence-electron chi connectivity index (χ2n) is 7.79. The SMILES string of the molecule is CC1(C)OB(C2=CN([C@]3(CC#N)C[C@H](C#N)C3)NC2)OC1(C)C. The van der Waals surface area contributed by atoms with E-state index in [1.807, 2.05) is 38.9 Å². The molecule has 0 bridgehead atoms. The summed E-state index contributed by atoms with van der Waals surface area (Å²) in [6, 6.07) is 4.55. The minimum atomic E-state index is -0.372. The van der Waals surface area contributed by atoms with Crippen LogP contribution in [0.2, 0.25) is 0 Å². The molecule has 122 valence electrons. The van der Waals surface area contributed by atoms with Crippen LogP contribution in [0.25, 0.3) is 0 Å². The summed E-state index contributed by atoms with van der Waals surface area (Å²) in [4.78, 5) is 0. The van der Waals surface area contributed by atoms with Crippen LogP contribution in [0.1, 0.15) is 47.0 Å². The van der Waals surface area contributed by atoms with Crippen LogP contribution in [-0.2, 0) is 9.31 Å². The van der Waals surface area contributed by atoms with Crippen LogP contribution in [0.3, 0.4) is 0 Å². The maximum Gasteiger partial charge on any atom is 0.493 e. The zero-order valence-electron chi connectivity index (χ0n) is 14.2. The highest BCUT2D eigenvalue weighted by atomic mass is 16.7. The van der Waals surface area contributed by atoms with Crippen molar-refractivity contribution in [3.8, 4) is 12.1 Å². The van der Waals surface area contributed by atoms with Crippen molar-refractivity contribution in [1.82, 2.24) is 10.4 Å². The Morgan fingerprint density at radius 2 is 1.87 bits per heavy atom. The molecule has 1 saturated heterocycles. The van der Waals surface area contributed by atoms with Crippen molar-refractivity contribution in [2.24, 2.45) is 5.92 Å². The summed E-state index contributed by atoms with van der Waals surface area (Å²) < 4.78 is 12.2. The average Bonchev–Trinajstić information content (AvgIpc) is 2.97. The van der Waals surface area contributed by atoms with Gasteiger partial charge < -0.3 is 14.3 Å². The quantitative estimate of drug-likeness (QED) is 0.801. The van der Waals surface area contributed by atoms with Gasteiger partial charge in [0.15, 0.2) is 0 Å². The molecule has 0 aromatic heterocycles. The van der Waals surface area contributed by atoms with Crippen molar-refractivity contribution in [1.29, 1.82) is 10.5 Å². The molecule has 2 fully saturated rings. The van der Waals surface area contributed by atoms with Gasteiger partial charge in [0.1, 0.15) is 0 Å². The molecular formula is C16H23BN4O2. The number of nitrogens with one attached hydrogen (secondary N) is 1. The van der Waals surface area contributed by atoms with Gasteiger partial charge in [0.05, 0.1) is 41.2 Å². The Balaban J connectivity index is 1.75.